The molecule has 0 unspecified atom stereocenters. The molecule has 0 spiro atoms. The molecule has 0 aliphatic carbocycles. The zero-order valence-corrected chi connectivity index (χ0v) is 15.7. The summed E-state index contributed by atoms with van der Waals surface area (Å²) in [6, 6.07) is 10.1. The summed E-state index contributed by atoms with van der Waals surface area (Å²) in [5, 5.41) is 0.497. The Morgan fingerprint density at radius 3 is 2.37 bits per heavy atom. The van der Waals surface area contributed by atoms with Gasteiger partial charge in [-0.3, -0.25) is 14.4 Å². The summed E-state index contributed by atoms with van der Waals surface area (Å²) < 4.78 is 5.13. The SMILES string of the molecule is CC(=O)N(CC(=O)N1CCN(C(=O)c2ccco2)CC1)c1cccc(Cl)c1. The molecule has 0 bridgehead atoms. The third kappa shape index (κ3) is 4.49. The molecule has 1 aromatic carbocycles. The topological polar surface area (TPSA) is 74.1 Å². The lowest BCUT2D eigenvalue weighted by Gasteiger charge is -2.35. The van der Waals surface area contributed by atoms with Gasteiger partial charge in [0.1, 0.15) is 6.54 Å². The maximum Gasteiger partial charge on any atom is 0.289 e. The highest BCUT2D eigenvalue weighted by molar-refractivity contribution is 6.30. The Morgan fingerprint density at radius 2 is 1.78 bits per heavy atom. The minimum atomic E-state index is -0.239. The van der Waals surface area contributed by atoms with Crippen LogP contribution in [-0.2, 0) is 9.59 Å². The molecule has 0 N–H and O–H groups in total. The number of nitrogens with zero attached hydrogens (tertiary/aromatic N) is 3. The summed E-state index contributed by atoms with van der Waals surface area (Å²) >= 11 is 5.99. The Bertz CT molecular complexity index is 829. The number of carbonyl (C=O) groups is 3. The molecule has 142 valence electrons. The van der Waals surface area contributed by atoms with Crippen molar-refractivity contribution in [2.24, 2.45) is 0 Å². The standard InChI is InChI=1S/C19H20ClN3O4/c1-14(24)23(16-5-2-4-15(20)12-16)13-18(25)21-7-9-22(10-8-21)19(26)17-6-3-11-27-17/h2-6,11-12H,7-10,13H2,1H3. The minimum Gasteiger partial charge on any atom is -0.459 e. The number of piperazine rings is 1. The number of benzene rings is 1. The van der Waals surface area contributed by atoms with Crippen LogP contribution in [-0.4, -0.2) is 60.2 Å². The fraction of sp³-hybridized carbons (Fsp3) is 0.316. The highest BCUT2D eigenvalue weighted by Crippen LogP contribution is 2.20. The number of hydrogen-bond acceptors (Lipinski definition) is 4. The molecule has 1 fully saturated rings. The highest BCUT2D eigenvalue weighted by atomic mass is 35.5. The Kier molecular flexibility index (Phi) is 5.81. The van der Waals surface area contributed by atoms with Crippen molar-refractivity contribution in [2.75, 3.05) is 37.6 Å². The number of rotatable bonds is 4. The van der Waals surface area contributed by atoms with Gasteiger partial charge in [-0.25, -0.2) is 0 Å². The van der Waals surface area contributed by atoms with Gasteiger partial charge in [-0.15, -0.1) is 0 Å². The van der Waals surface area contributed by atoms with Gasteiger partial charge in [0.25, 0.3) is 5.91 Å². The second-order valence-electron chi connectivity index (χ2n) is 6.24. The average molecular weight is 390 g/mol. The van der Waals surface area contributed by atoms with Crippen LogP contribution in [0.25, 0.3) is 0 Å². The second-order valence-corrected chi connectivity index (χ2v) is 6.67. The van der Waals surface area contributed by atoms with Crippen molar-refractivity contribution < 1.29 is 18.8 Å². The van der Waals surface area contributed by atoms with E-state index in [9.17, 15) is 14.4 Å². The summed E-state index contributed by atoms with van der Waals surface area (Å²) in [6.45, 7) is 3.00. The molecule has 27 heavy (non-hydrogen) atoms. The zero-order valence-electron chi connectivity index (χ0n) is 14.9. The van der Waals surface area contributed by atoms with Gasteiger partial charge >= 0.3 is 0 Å². The number of furan rings is 1. The molecule has 0 atom stereocenters. The fourth-order valence-electron chi connectivity index (χ4n) is 2.98. The largest absolute Gasteiger partial charge is 0.459 e. The van der Waals surface area contributed by atoms with E-state index in [2.05, 4.69) is 0 Å². The predicted octanol–water partition coefficient (Wildman–Crippen LogP) is 2.27. The lowest BCUT2D eigenvalue weighted by Crippen LogP contribution is -2.53. The van der Waals surface area contributed by atoms with Crippen LogP contribution in [0.2, 0.25) is 5.02 Å². The van der Waals surface area contributed by atoms with Crippen molar-refractivity contribution in [3.63, 3.8) is 0 Å². The van der Waals surface area contributed by atoms with Crippen molar-refractivity contribution in [3.8, 4) is 0 Å². The third-order valence-electron chi connectivity index (χ3n) is 4.44. The monoisotopic (exact) mass is 389 g/mol. The zero-order chi connectivity index (χ0) is 19.4. The van der Waals surface area contributed by atoms with Gasteiger partial charge in [0.15, 0.2) is 5.76 Å². The summed E-state index contributed by atoms with van der Waals surface area (Å²) in [6.07, 6.45) is 1.46. The van der Waals surface area contributed by atoms with E-state index < -0.39 is 0 Å². The number of anilines is 1. The van der Waals surface area contributed by atoms with Crippen molar-refractivity contribution in [1.29, 1.82) is 0 Å². The van der Waals surface area contributed by atoms with Crippen LogP contribution in [0, 0.1) is 0 Å². The third-order valence-corrected chi connectivity index (χ3v) is 4.68. The highest BCUT2D eigenvalue weighted by Gasteiger charge is 2.27. The van der Waals surface area contributed by atoms with Crippen LogP contribution in [0.1, 0.15) is 17.5 Å². The molecule has 2 heterocycles. The molecule has 1 aromatic heterocycles. The van der Waals surface area contributed by atoms with E-state index in [4.69, 9.17) is 16.0 Å². The van der Waals surface area contributed by atoms with Gasteiger partial charge in [0, 0.05) is 43.8 Å². The van der Waals surface area contributed by atoms with Crippen molar-refractivity contribution >= 4 is 35.0 Å². The van der Waals surface area contributed by atoms with E-state index in [0.717, 1.165) is 0 Å². The van der Waals surface area contributed by atoms with E-state index in [1.54, 1.807) is 46.2 Å². The lowest BCUT2D eigenvalue weighted by atomic mass is 10.2. The average Bonchev–Trinajstić information content (AvgIpc) is 3.20. The Hall–Kier alpha value is -2.80. The maximum absolute atomic E-state index is 12.7. The lowest BCUT2D eigenvalue weighted by molar-refractivity contribution is -0.132. The molecule has 1 saturated heterocycles. The van der Waals surface area contributed by atoms with Crippen LogP contribution in [0.5, 0.6) is 0 Å². The first-order chi connectivity index (χ1) is 13.0. The first kappa shape index (κ1) is 19.0. The minimum absolute atomic E-state index is 0.0677. The molecule has 8 heteroatoms. The Morgan fingerprint density at radius 1 is 1.07 bits per heavy atom. The van der Waals surface area contributed by atoms with Crippen molar-refractivity contribution in [2.45, 2.75) is 6.92 Å². The van der Waals surface area contributed by atoms with E-state index in [0.29, 0.717) is 42.6 Å². The summed E-state index contributed by atoms with van der Waals surface area (Å²) in [5.41, 5.74) is 0.579. The van der Waals surface area contributed by atoms with Crippen LogP contribution in [0.15, 0.2) is 47.1 Å². The predicted molar refractivity (Wildman–Crippen MR) is 101 cm³/mol. The molecule has 1 aliphatic heterocycles. The normalized spacial score (nSPS) is 14.1. The van der Waals surface area contributed by atoms with Crippen LogP contribution in [0.3, 0.4) is 0 Å². The van der Waals surface area contributed by atoms with Crippen molar-refractivity contribution in [1.82, 2.24) is 9.80 Å². The molecule has 3 amide bonds. The van der Waals surface area contributed by atoms with Gasteiger partial charge in [-0.1, -0.05) is 17.7 Å². The summed E-state index contributed by atoms with van der Waals surface area (Å²) in [4.78, 5) is 41.6. The molecule has 0 saturated carbocycles. The van der Waals surface area contributed by atoms with E-state index in [1.165, 1.54) is 18.1 Å². The second kappa shape index (κ2) is 8.26. The Balaban J connectivity index is 1.60. The first-order valence-electron chi connectivity index (χ1n) is 8.60. The van der Waals surface area contributed by atoms with Gasteiger partial charge in [0.2, 0.25) is 11.8 Å². The maximum atomic E-state index is 12.7. The first-order valence-corrected chi connectivity index (χ1v) is 8.97. The summed E-state index contributed by atoms with van der Waals surface area (Å²) in [5.74, 6) is -0.303. The smallest absolute Gasteiger partial charge is 0.289 e. The van der Waals surface area contributed by atoms with E-state index in [-0.39, 0.29) is 24.3 Å². The number of halogens is 1. The molecule has 2 aromatic rings. The number of carbonyl (C=O) groups excluding carboxylic acids is 3. The van der Waals surface area contributed by atoms with Gasteiger partial charge in [-0.2, -0.15) is 0 Å². The molecule has 0 radical (unpaired) electrons. The fourth-order valence-corrected chi connectivity index (χ4v) is 3.16. The van der Waals surface area contributed by atoms with Crippen LogP contribution >= 0.6 is 11.6 Å². The van der Waals surface area contributed by atoms with Gasteiger partial charge in [-0.05, 0) is 30.3 Å². The molecule has 7 nitrogen and oxygen atoms in total. The molecule has 1 aliphatic rings. The molecular weight excluding hydrogens is 370 g/mol. The van der Waals surface area contributed by atoms with Crippen LogP contribution < -0.4 is 4.90 Å². The van der Waals surface area contributed by atoms with E-state index >= 15 is 0 Å². The molecule has 3 rings (SSSR count). The Labute approximate surface area is 162 Å². The van der Waals surface area contributed by atoms with Crippen LogP contribution in [0.4, 0.5) is 5.69 Å². The van der Waals surface area contributed by atoms with Gasteiger partial charge < -0.3 is 19.1 Å². The summed E-state index contributed by atoms with van der Waals surface area (Å²) in [7, 11) is 0. The molecular formula is C19H20ClN3O4. The quantitative estimate of drug-likeness (QED) is 0.804. The number of hydrogen-bond donors (Lipinski definition) is 0. The van der Waals surface area contributed by atoms with Crippen molar-refractivity contribution in [3.05, 3.63) is 53.4 Å². The van der Waals surface area contributed by atoms with E-state index in [1.807, 2.05) is 0 Å². The van der Waals surface area contributed by atoms with Gasteiger partial charge in [0.05, 0.1) is 6.26 Å². The number of amides is 3.